The predicted octanol–water partition coefficient (Wildman–Crippen LogP) is 1.48. The molecule has 86 valence electrons. The highest BCUT2D eigenvalue weighted by atomic mass is 16.3. The average Bonchev–Trinajstić information content (AvgIpc) is 2.34. The second-order valence-corrected chi connectivity index (χ2v) is 3.79. The van der Waals surface area contributed by atoms with Crippen LogP contribution in [0.3, 0.4) is 0 Å². The Labute approximate surface area is 96.7 Å². The van der Waals surface area contributed by atoms with Gasteiger partial charge in [-0.25, -0.2) is 0 Å². The van der Waals surface area contributed by atoms with E-state index in [2.05, 4.69) is 23.5 Å². The molecule has 0 fully saturated rings. The van der Waals surface area contributed by atoms with E-state index in [1.165, 1.54) is 5.56 Å². The first-order valence-electron chi connectivity index (χ1n) is 5.62. The SMILES string of the molecule is N#CCCCNC(CO)Cc1ccccc1. The zero-order chi connectivity index (χ0) is 11.6. The van der Waals surface area contributed by atoms with E-state index in [0.717, 1.165) is 19.4 Å². The van der Waals surface area contributed by atoms with Crippen LogP contribution in [0.2, 0.25) is 0 Å². The Morgan fingerprint density at radius 3 is 2.69 bits per heavy atom. The number of unbranched alkanes of at least 4 members (excludes halogenated alkanes) is 1. The fraction of sp³-hybridized carbons (Fsp3) is 0.462. The summed E-state index contributed by atoms with van der Waals surface area (Å²) >= 11 is 0. The molecule has 0 aliphatic rings. The third-order valence-corrected chi connectivity index (χ3v) is 2.44. The normalized spacial score (nSPS) is 12.0. The largest absolute Gasteiger partial charge is 0.395 e. The minimum absolute atomic E-state index is 0.0843. The van der Waals surface area contributed by atoms with E-state index in [9.17, 15) is 5.11 Å². The lowest BCUT2D eigenvalue weighted by Gasteiger charge is -2.15. The van der Waals surface area contributed by atoms with Gasteiger partial charge in [0.15, 0.2) is 0 Å². The van der Waals surface area contributed by atoms with Gasteiger partial charge in [-0.15, -0.1) is 0 Å². The van der Waals surface area contributed by atoms with Gasteiger partial charge in [0.25, 0.3) is 0 Å². The maximum atomic E-state index is 9.22. The van der Waals surface area contributed by atoms with Crippen LogP contribution >= 0.6 is 0 Å². The van der Waals surface area contributed by atoms with E-state index in [0.29, 0.717) is 6.42 Å². The van der Waals surface area contributed by atoms with Crippen LogP contribution in [0.5, 0.6) is 0 Å². The number of benzene rings is 1. The fourth-order valence-corrected chi connectivity index (χ4v) is 1.57. The van der Waals surface area contributed by atoms with Crippen molar-refractivity contribution in [1.29, 1.82) is 5.26 Å². The molecule has 3 nitrogen and oxygen atoms in total. The van der Waals surface area contributed by atoms with Crippen LogP contribution in [-0.2, 0) is 6.42 Å². The molecule has 1 rings (SSSR count). The van der Waals surface area contributed by atoms with Crippen LogP contribution in [0.1, 0.15) is 18.4 Å². The van der Waals surface area contributed by atoms with Gasteiger partial charge in [-0.3, -0.25) is 0 Å². The smallest absolute Gasteiger partial charge is 0.0622 e. The topological polar surface area (TPSA) is 56.0 Å². The van der Waals surface area contributed by atoms with Crippen molar-refractivity contribution in [3.63, 3.8) is 0 Å². The molecule has 3 heteroatoms. The minimum atomic E-state index is 0.0843. The molecule has 0 aliphatic heterocycles. The molecule has 16 heavy (non-hydrogen) atoms. The van der Waals surface area contributed by atoms with Crippen molar-refractivity contribution in [3.05, 3.63) is 35.9 Å². The molecule has 0 radical (unpaired) electrons. The molecule has 0 aromatic heterocycles. The van der Waals surface area contributed by atoms with Crippen molar-refractivity contribution >= 4 is 0 Å². The first-order chi connectivity index (χ1) is 7.86. The molecule has 0 saturated carbocycles. The Morgan fingerprint density at radius 1 is 1.31 bits per heavy atom. The van der Waals surface area contributed by atoms with Crippen molar-refractivity contribution in [3.8, 4) is 6.07 Å². The highest BCUT2D eigenvalue weighted by Crippen LogP contribution is 2.02. The molecule has 0 aliphatic carbocycles. The van der Waals surface area contributed by atoms with Gasteiger partial charge in [-0.1, -0.05) is 30.3 Å². The average molecular weight is 218 g/mol. The summed E-state index contributed by atoms with van der Waals surface area (Å²) in [7, 11) is 0. The number of rotatable bonds is 7. The molecule has 0 bridgehead atoms. The highest BCUT2D eigenvalue weighted by molar-refractivity contribution is 5.15. The summed E-state index contributed by atoms with van der Waals surface area (Å²) in [4.78, 5) is 0. The summed E-state index contributed by atoms with van der Waals surface area (Å²) < 4.78 is 0. The Bertz CT molecular complexity index is 318. The lowest BCUT2D eigenvalue weighted by Crippen LogP contribution is -2.35. The van der Waals surface area contributed by atoms with E-state index in [1.807, 2.05) is 18.2 Å². The second-order valence-electron chi connectivity index (χ2n) is 3.79. The van der Waals surface area contributed by atoms with Gasteiger partial charge in [0.2, 0.25) is 0 Å². The Morgan fingerprint density at radius 2 is 2.06 bits per heavy atom. The van der Waals surface area contributed by atoms with Crippen LogP contribution in [-0.4, -0.2) is 24.3 Å². The minimum Gasteiger partial charge on any atom is -0.395 e. The lowest BCUT2D eigenvalue weighted by molar-refractivity contribution is 0.241. The Balaban J connectivity index is 2.30. The molecular formula is C13H18N2O. The maximum absolute atomic E-state index is 9.22. The summed E-state index contributed by atoms with van der Waals surface area (Å²) in [6.45, 7) is 0.910. The fourth-order valence-electron chi connectivity index (χ4n) is 1.57. The summed E-state index contributed by atoms with van der Waals surface area (Å²) in [5.41, 5.74) is 1.22. The zero-order valence-electron chi connectivity index (χ0n) is 9.39. The molecule has 1 aromatic carbocycles. The van der Waals surface area contributed by atoms with Crippen molar-refractivity contribution in [2.45, 2.75) is 25.3 Å². The van der Waals surface area contributed by atoms with Gasteiger partial charge in [0, 0.05) is 12.5 Å². The van der Waals surface area contributed by atoms with Crippen molar-refractivity contribution in [1.82, 2.24) is 5.32 Å². The standard InChI is InChI=1S/C13H18N2O/c14-8-4-5-9-15-13(11-16)10-12-6-2-1-3-7-12/h1-3,6-7,13,15-16H,4-5,9-11H2. The van der Waals surface area contributed by atoms with Crippen LogP contribution in [0.25, 0.3) is 0 Å². The van der Waals surface area contributed by atoms with Crippen LogP contribution in [0.4, 0.5) is 0 Å². The van der Waals surface area contributed by atoms with Gasteiger partial charge >= 0.3 is 0 Å². The third kappa shape index (κ3) is 4.92. The van der Waals surface area contributed by atoms with E-state index in [4.69, 9.17) is 5.26 Å². The number of aliphatic hydroxyl groups is 1. The number of nitrogens with zero attached hydrogens (tertiary/aromatic N) is 1. The van der Waals surface area contributed by atoms with Crippen LogP contribution in [0.15, 0.2) is 30.3 Å². The zero-order valence-corrected chi connectivity index (χ0v) is 9.39. The number of nitrogens with one attached hydrogen (secondary N) is 1. The molecule has 1 unspecified atom stereocenters. The molecule has 1 atom stereocenters. The molecule has 0 heterocycles. The van der Waals surface area contributed by atoms with Crippen LogP contribution in [0, 0.1) is 11.3 Å². The first-order valence-corrected chi connectivity index (χ1v) is 5.62. The maximum Gasteiger partial charge on any atom is 0.0622 e. The summed E-state index contributed by atoms with van der Waals surface area (Å²) in [6.07, 6.45) is 2.22. The molecule has 0 spiro atoms. The van der Waals surface area contributed by atoms with E-state index in [1.54, 1.807) is 0 Å². The highest BCUT2D eigenvalue weighted by Gasteiger charge is 2.06. The van der Waals surface area contributed by atoms with Crippen molar-refractivity contribution < 1.29 is 5.11 Å². The van der Waals surface area contributed by atoms with E-state index < -0.39 is 0 Å². The van der Waals surface area contributed by atoms with Gasteiger partial charge in [0.1, 0.15) is 0 Å². The summed E-state index contributed by atoms with van der Waals surface area (Å²) in [6, 6.07) is 12.3. The predicted molar refractivity (Wildman–Crippen MR) is 63.9 cm³/mol. The Kier molecular flexibility index (Phi) is 6.24. The molecule has 1 aromatic rings. The van der Waals surface area contributed by atoms with Gasteiger partial charge in [-0.05, 0) is 24.9 Å². The van der Waals surface area contributed by atoms with E-state index >= 15 is 0 Å². The second kappa shape index (κ2) is 7.86. The first kappa shape index (κ1) is 12.7. The lowest BCUT2D eigenvalue weighted by atomic mass is 10.1. The monoisotopic (exact) mass is 218 g/mol. The molecule has 0 saturated heterocycles. The van der Waals surface area contributed by atoms with Gasteiger partial charge in [-0.2, -0.15) is 5.26 Å². The quantitative estimate of drug-likeness (QED) is 0.682. The molecule has 2 N–H and O–H groups in total. The number of hydrogen-bond acceptors (Lipinski definition) is 3. The van der Waals surface area contributed by atoms with Crippen LogP contribution < -0.4 is 5.32 Å². The summed E-state index contributed by atoms with van der Waals surface area (Å²) in [5.74, 6) is 0. The van der Waals surface area contributed by atoms with Gasteiger partial charge < -0.3 is 10.4 Å². The molecule has 0 amide bonds. The van der Waals surface area contributed by atoms with Crippen molar-refractivity contribution in [2.24, 2.45) is 0 Å². The summed E-state index contributed by atoms with van der Waals surface area (Å²) in [5, 5.41) is 20.9. The number of aliphatic hydroxyl groups excluding tert-OH is 1. The Hall–Kier alpha value is -1.37. The molecular weight excluding hydrogens is 200 g/mol. The number of hydrogen-bond donors (Lipinski definition) is 2. The van der Waals surface area contributed by atoms with Crippen molar-refractivity contribution in [2.75, 3.05) is 13.2 Å². The van der Waals surface area contributed by atoms with Gasteiger partial charge in [0.05, 0.1) is 12.7 Å². The van der Waals surface area contributed by atoms with E-state index in [-0.39, 0.29) is 12.6 Å². The number of nitriles is 1. The third-order valence-electron chi connectivity index (χ3n) is 2.44.